The minimum atomic E-state index is -0.172. The van der Waals surface area contributed by atoms with E-state index < -0.39 is 0 Å². The lowest BCUT2D eigenvalue weighted by Crippen LogP contribution is -2.29. The Bertz CT molecular complexity index is 455. The quantitative estimate of drug-likeness (QED) is 0.736. The van der Waals surface area contributed by atoms with Gasteiger partial charge in [0, 0.05) is 11.7 Å². The van der Waals surface area contributed by atoms with Crippen LogP contribution in [0.3, 0.4) is 0 Å². The van der Waals surface area contributed by atoms with E-state index in [2.05, 4.69) is 0 Å². The molecule has 0 aliphatic carbocycles. The van der Waals surface area contributed by atoms with Crippen LogP contribution < -0.4 is 5.56 Å². The first-order valence-corrected chi connectivity index (χ1v) is 5.62. The van der Waals surface area contributed by atoms with Crippen molar-refractivity contribution >= 4 is 5.78 Å². The van der Waals surface area contributed by atoms with E-state index in [4.69, 9.17) is 0 Å². The van der Waals surface area contributed by atoms with Gasteiger partial charge in [-0.1, -0.05) is 13.8 Å². The van der Waals surface area contributed by atoms with Gasteiger partial charge in [-0.3, -0.25) is 9.59 Å². The number of carbonyl (C=O) groups is 1. The number of nitrogens with zero attached hydrogens (tertiary/aromatic N) is 1. The number of ketones is 1. The zero-order valence-corrected chi connectivity index (χ0v) is 10.6. The lowest BCUT2D eigenvalue weighted by Gasteiger charge is -2.19. The van der Waals surface area contributed by atoms with Crippen molar-refractivity contribution in [3.05, 3.63) is 33.7 Å². The summed E-state index contributed by atoms with van der Waals surface area (Å²) in [4.78, 5) is 23.4. The Morgan fingerprint density at radius 1 is 1.19 bits per heavy atom. The molecule has 0 aliphatic heterocycles. The van der Waals surface area contributed by atoms with Gasteiger partial charge in [-0.05, 0) is 38.8 Å². The number of hydrogen-bond donors (Lipinski definition) is 0. The van der Waals surface area contributed by atoms with E-state index in [9.17, 15) is 9.59 Å². The van der Waals surface area contributed by atoms with Crippen LogP contribution in [0.1, 0.15) is 62.6 Å². The van der Waals surface area contributed by atoms with Crippen molar-refractivity contribution in [2.75, 3.05) is 0 Å². The number of pyridine rings is 1. The van der Waals surface area contributed by atoms with Crippen LogP contribution in [0.25, 0.3) is 0 Å². The van der Waals surface area contributed by atoms with Gasteiger partial charge in [0.1, 0.15) is 0 Å². The summed E-state index contributed by atoms with van der Waals surface area (Å²) >= 11 is 0. The molecule has 1 heterocycles. The predicted molar refractivity (Wildman–Crippen MR) is 65.2 cm³/mol. The van der Waals surface area contributed by atoms with Crippen molar-refractivity contribution in [2.24, 2.45) is 0 Å². The van der Waals surface area contributed by atoms with Crippen molar-refractivity contribution in [3.8, 4) is 0 Å². The molecule has 0 N–H and O–H groups in total. The van der Waals surface area contributed by atoms with Crippen molar-refractivity contribution in [1.82, 2.24) is 4.57 Å². The van der Waals surface area contributed by atoms with Crippen LogP contribution in [-0.2, 0) is 0 Å². The zero-order valence-electron chi connectivity index (χ0n) is 10.6. The van der Waals surface area contributed by atoms with Gasteiger partial charge < -0.3 is 4.57 Å². The van der Waals surface area contributed by atoms with Crippen molar-refractivity contribution in [3.63, 3.8) is 0 Å². The molecule has 0 aromatic carbocycles. The van der Waals surface area contributed by atoms with E-state index in [1.54, 1.807) is 10.6 Å². The highest BCUT2D eigenvalue weighted by atomic mass is 16.1. The van der Waals surface area contributed by atoms with E-state index in [0.29, 0.717) is 0 Å². The second kappa shape index (κ2) is 4.64. The summed E-state index contributed by atoms with van der Waals surface area (Å²) in [5.41, 5.74) is 1.08. The first kappa shape index (κ1) is 12.7. The third-order valence-corrected chi connectivity index (χ3v) is 2.64. The molecule has 0 amide bonds. The fourth-order valence-electron chi connectivity index (χ4n) is 1.84. The SMILES string of the molecule is CC(=O)c1ccc(C(C)C)n(C(C)C)c1=O. The van der Waals surface area contributed by atoms with Gasteiger partial charge >= 0.3 is 0 Å². The number of aromatic nitrogens is 1. The number of Topliss-reactive ketones (excluding diaryl/α,β-unsaturated/α-hetero) is 1. The van der Waals surface area contributed by atoms with Crippen LogP contribution in [0.2, 0.25) is 0 Å². The molecule has 0 spiro atoms. The number of rotatable bonds is 3. The molecular weight excluding hydrogens is 202 g/mol. The van der Waals surface area contributed by atoms with Crippen LogP contribution in [0, 0.1) is 0 Å². The summed E-state index contributed by atoms with van der Waals surface area (Å²) in [6, 6.07) is 3.59. The van der Waals surface area contributed by atoms with E-state index in [0.717, 1.165) is 5.69 Å². The molecule has 3 nitrogen and oxygen atoms in total. The maximum absolute atomic E-state index is 12.1. The van der Waals surface area contributed by atoms with Gasteiger partial charge in [0.15, 0.2) is 5.78 Å². The van der Waals surface area contributed by atoms with Crippen LogP contribution >= 0.6 is 0 Å². The maximum atomic E-state index is 12.1. The molecular formula is C13H19NO2. The van der Waals surface area contributed by atoms with Gasteiger partial charge in [0.05, 0.1) is 5.56 Å². The highest BCUT2D eigenvalue weighted by Gasteiger charge is 2.15. The number of carbonyl (C=O) groups excluding carboxylic acids is 1. The molecule has 0 aliphatic rings. The molecule has 1 aromatic heterocycles. The van der Waals surface area contributed by atoms with Crippen molar-refractivity contribution < 1.29 is 4.79 Å². The third-order valence-electron chi connectivity index (χ3n) is 2.64. The second-order valence-corrected chi connectivity index (χ2v) is 4.65. The lowest BCUT2D eigenvalue weighted by molar-refractivity contribution is 0.101. The fraction of sp³-hybridized carbons (Fsp3) is 0.538. The van der Waals surface area contributed by atoms with Crippen molar-refractivity contribution in [2.45, 2.75) is 46.6 Å². The minimum absolute atomic E-state index is 0.0733. The Morgan fingerprint density at radius 2 is 1.75 bits per heavy atom. The molecule has 1 aromatic rings. The summed E-state index contributed by atoms with van der Waals surface area (Å²) in [5.74, 6) is 0.103. The Morgan fingerprint density at radius 3 is 2.12 bits per heavy atom. The molecule has 0 atom stereocenters. The van der Waals surface area contributed by atoms with Gasteiger partial charge in [-0.15, -0.1) is 0 Å². The number of hydrogen-bond acceptors (Lipinski definition) is 2. The van der Waals surface area contributed by atoms with Gasteiger partial charge in [-0.25, -0.2) is 0 Å². The van der Waals surface area contributed by atoms with Crippen LogP contribution in [0.4, 0.5) is 0 Å². The average molecular weight is 221 g/mol. The van der Waals surface area contributed by atoms with E-state index >= 15 is 0 Å². The minimum Gasteiger partial charge on any atom is -0.309 e. The standard InChI is InChI=1S/C13H19NO2/c1-8(2)12-7-6-11(10(5)15)13(16)14(12)9(3)4/h6-9H,1-5H3. The Kier molecular flexibility index (Phi) is 3.68. The fourth-order valence-corrected chi connectivity index (χ4v) is 1.84. The summed E-state index contributed by atoms with van der Waals surface area (Å²) in [6.07, 6.45) is 0. The largest absolute Gasteiger partial charge is 0.309 e. The molecule has 0 saturated heterocycles. The zero-order chi connectivity index (χ0) is 12.5. The van der Waals surface area contributed by atoms with E-state index in [1.807, 2.05) is 33.8 Å². The molecule has 16 heavy (non-hydrogen) atoms. The summed E-state index contributed by atoms with van der Waals surface area (Å²) in [5, 5.41) is 0. The molecule has 0 bridgehead atoms. The Balaban J connectivity index is 3.55. The molecule has 0 unspecified atom stereocenters. The topological polar surface area (TPSA) is 39.1 Å². The van der Waals surface area contributed by atoms with Gasteiger partial charge in [0.25, 0.3) is 5.56 Å². The predicted octanol–water partition coefficient (Wildman–Crippen LogP) is 2.76. The molecule has 0 fully saturated rings. The highest BCUT2D eigenvalue weighted by molar-refractivity contribution is 5.93. The normalized spacial score (nSPS) is 11.2. The summed E-state index contributed by atoms with van der Waals surface area (Å²) in [7, 11) is 0. The monoisotopic (exact) mass is 221 g/mol. The van der Waals surface area contributed by atoms with Crippen LogP contribution in [0.15, 0.2) is 16.9 Å². The van der Waals surface area contributed by atoms with Gasteiger partial charge in [-0.2, -0.15) is 0 Å². The highest BCUT2D eigenvalue weighted by Crippen LogP contribution is 2.17. The van der Waals surface area contributed by atoms with Gasteiger partial charge in [0.2, 0.25) is 0 Å². The smallest absolute Gasteiger partial charge is 0.261 e. The third kappa shape index (κ3) is 2.23. The first-order chi connectivity index (χ1) is 7.36. The first-order valence-electron chi connectivity index (χ1n) is 5.62. The molecule has 0 saturated carbocycles. The molecule has 3 heteroatoms. The summed E-state index contributed by atoms with van der Waals surface area (Å²) in [6.45, 7) is 9.42. The Labute approximate surface area is 96.1 Å². The average Bonchev–Trinajstić information content (AvgIpc) is 2.15. The van der Waals surface area contributed by atoms with E-state index in [1.165, 1.54) is 6.92 Å². The molecule has 0 radical (unpaired) electrons. The molecule has 88 valence electrons. The lowest BCUT2D eigenvalue weighted by atomic mass is 10.1. The molecule has 1 rings (SSSR count). The second-order valence-electron chi connectivity index (χ2n) is 4.65. The van der Waals surface area contributed by atoms with Crippen molar-refractivity contribution in [1.29, 1.82) is 0 Å². The Hall–Kier alpha value is -1.38. The maximum Gasteiger partial charge on any atom is 0.261 e. The van der Waals surface area contributed by atoms with Crippen LogP contribution in [0.5, 0.6) is 0 Å². The summed E-state index contributed by atoms with van der Waals surface area (Å²) < 4.78 is 1.71. The van der Waals surface area contributed by atoms with E-state index in [-0.39, 0.29) is 28.9 Å². The van der Waals surface area contributed by atoms with Crippen LogP contribution in [-0.4, -0.2) is 10.4 Å².